The molecule has 1 N–H and O–H groups in total. The summed E-state index contributed by atoms with van der Waals surface area (Å²) in [4.78, 5) is 20.3. The molecule has 166 valence electrons. The fourth-order valence-corrected chi connectivity index (χ4v) is 7.30. The molecular weight excluding hydrogens is 472 g/mol. The van der Waals surface area contributed by atoms with Crippen LogP contribution < -0.4 is 14.8 Å². The summed E-state index contributed by atoms with van der Waals surface area (Å²) in [6.45, 7) is 0.686. The molecule has 0 fully saturated rings. The number of benzene rings is 2. The number of thiophene rings is 1. The molecule has 0 saturated heterocycles. The van der Waals surface area contributed by atoms with Gasteiger partial charge in [0.15, 0.2) is 11.5 Å². The molecule has 33 heavy (non-hydrogen) atoms. The first-order valence-corrected chi connectivity index (χ1v) is 13.5. The van der Waals surface area contributed by atoms with Crippen LogP contribution in [-0.2, 0) is 19.4 Å². The average Bonchev–Trinajstić information content (AvgIpc) is 3.58. The van der Waals surface area contributed by atoms with Gasteiger partial charge in [-0.2, -0.15) is 0 Å². The Balaban J connectivity index is 1.29. The Bertz CT molecular complexity index is 1360. The molecule has 3 heterocycles. The SMILES string of the molecule is CSc1sc(C(=O)NCc2ccc3c(c2)OCO3)c2c1-c1nc(-c3ccccc3)sc1CC2. The maximum atomic E-state index is 13.2. The van der Waals surface area contributed by atoms with E-state index in [1.54, 1.807) is 34.4 Å². The van der Waals surface area contributed by atoms with Gasteiger partial charge in [0.25, 0.3) is 5.91 Å². The summed E-state index contributed by atoms with van der Waals surface area (Å²) >= 11 is 5.04. The number of thiazole rings is 1. The topological polar surface area (TPSA) is 60.5 Å². The number of thioether (sulfide) groups is 1. The van der Waals surface area contributed by atoms with Gasteiger partial charge in [0.2, 0.25) is 6.79 Å². The van der Waals surface area contributed by atoms with E-state index in [0.29, 0.717) is 6.54 Å². The number of nitrogens with one attached hydrogen (secondary N) is 1. The summed E-state index contributed by atoms with van der Waals surface area (Å²) in [5, 5.41) is 4.14. The van der Waals surface area contributed by atoms with E-state index in [9.17, 15) is 4.79 Å². The Hall–Kier alpha value is -2.81. The lowest BCUT2D eigenvalue weighted by atomic mass is 9.95. The molecule has 2 aliphatic rings. The third-order valence-electron chi connectivity index (χ3n) is 5.81. The molecule has 1 aliphatic carbocycles. The summed E-state index contributed by atoms with van der Waals surface area (Å²) in [5.41, 5.74) is 5.46. The van der Waals surface area contributed by atoms with Crippen LogP contribution in [0.5, 0.6) is 11.5 Å². The number of hydrogen-bond acceptors (Lipinski definition) is 7. The molecule has 5 nitrogen and oxygen atoms in total. The molecule has 1 amide bonds. The fourth-order valence-electron chi connectivity index (χ4n) is 4.22. The third-order valence-corrected chi connectivity index (χ3v) is 9.33. The molecule has 2 aromatic heterocycles. The molecule has 0 atom stereocenters. The van der Waals surface area contributed by atoms with Crippen molar-refractivity contribution in [2.45, 2.75) is 23.6 Å². The van der Waals surface area contributed by atoms with Gasteiger partial charge in [0.1, 0.15) is 5.01 Å². The Labute approximate surface area is 203 Å². The molecule has 2 aromatic carbocycles. The van der Waals surface area contributed by atoms with Gasteiger partial charge in [-0.15, -0.1) is 34.4 Å². The van der Waals surface area contributed by atoms with Crippen molar-refractivity contribution in [3.63, 3.8) is 0 Å². The molecule has 8 heteroatoms. The minimum atomic E-state index is -0.0313. The van der Waals surface area contributed by atoms with Gasteiger partial charge in [-0.05, 0) is 42.4 Å². The number of carbonyl (C=O) groups is 1. The molecule has 0 radical (unpaired) electrons. The summed E-state index contributed by atoms with van der Waals surface area (Å²) in [6.07, 6.45) is 3.85. The zero-order valence-corrected chi connectivity index (χ0v) is 20.3. The van der Waals surface area contributed by atoms with Crippen LogP contribution in [0, 0.1) is 0 Å². The van der Waals surface area contributed by atoms with Crippen molar-refractivity contribution in [1.29, 1.82) is 0 Å². The second kappa shape index (κ2) is 8.52. The molecule has 6 rings (SSSR count). The van der Waals surface area contributed by atoms with E-state index >= 15 is 0 Å². The number of carbonyl (C=O) groups excluding carboxylic acids is 1. The number of aromatic nitrogens is 1. The Morgan fingerprint density at radius 1 is 1.09 bits per heavy atom. The van der Waals surface area contributed by atoms with Crippen molar-refractivity contribution in [1.82, 2.24) is 10.3 Å². The summed E-state index contributed by atoms with van der Waals surface area (Å²) in [7, 11) is 0. The van der Waals surface area contributed by atoms with E-state index in [0.717, 1.165) is 66.4 Å². The molecule has 0 unspecified atom stereocenters. The normalized spacial score (nSPS) is 13.5. The van der Waals surface area contributed by atoms with Crippen LogP contribution >= 0.6 is 34.4 Å². The third kappa shape index (κ3) is 3.72. The van der Waals surface area contributed by atoms with Crippen molar-refractivity contribution in [2.75, 3.05) is 13.0 Å². The van der Waals surface area contributed by atoms with E-state index in [4.69, 9.17) is 14.5 Å². The molecule has 4 aromatic rings. The zero-order valence-electron chi connectivity index (χ0n) is 17.8. The van der Waals surface area contributed by atoms with Crippen molar-refractivity contribution in [3.8, 4) is 33.3 Å². The van der Waals surface area contributed by atoms with Crippen LogP contribution in [0.25, 0.3) is 21.8 Å². The highest BCUT2D eigenvalue weighted by Gasteiger charge is 2.30. The van der Waals surface area contributed by atoms with E-state index in [2.05, 4.69) is 23.7 Å². The van der Waals surface area contributed by atoms with Crippen molar-refractivity contribution < 1.29 is 14.3 Å². The second-order valence-electron chi connectivity index (χ2n) is 7.80. The lowest BCUT2D eigenvalue weighted by Gasteiger charge is -2.13. The van der Waals surface area contributed by atoms with Gasteiger partial charge >= 0.3 is 0 Å². The van der Waals surface area contributed by atoms with Gasteiger partial charge < -0.3 is 14.8 Å². The standard InChI is InChI=1S/C25H20N2O3S3/c1-31-25-20-16(8-10-19-21(20)27-24(32-19)15-5-3-2-4-6-15)22(33-25)23(28)26-12-14-7-9-17-18(11-14)30-13-29-17/h2-7,9,11H,8,10,12-13H2,1H3,(H,26,28). The van der Waals surface area contributed by atoms with E-state index < -0.39 is 0 Å². The first kappa shape index (κ1) is 20.8. The minimum absolute atomic E-state index is 0.0313. The maximum absolute atomic E-state index is 13.2. The first-order valence-electron chi connectivity index (χ1n) is 10.6. The molecular formula is C25H20N2O3S3. The van der Waals surface area contributed by atoms with Gasteiger partial charge in [0, 0.05) is 22.5 Å². The number of fused-ring (bicyclic) bond motifs is 4. The number of nitrogens with zero attached hydrogens (tertiary/aromatic N) is 1. The highest BCUT2D eigenvalue weighted by Crippen LogP contribution is 2.48. The predicted molar refractivity (Wildman–Crippen MR) is 134 cm³/mol. The van der Waals surface area contributed by atoms with E-state index in [1.807, 2.05) is 36.4 Å². The molecule has 0 spiro atoms. The van der Waals surface area contributed by atoms with Crippen molar-refractivity contribution >= 4 is 40.3 Å². The lowest BCUT2D eigenvalue weighted by molar-refractivity contribution is 0.0954. The van der Waals surface area contributed by atoms with Crippen LogP contribution in [0.15, 0.2) is 52.7 Å². The van der Waals surface area contributed by atoms with Crippen LogP contribution in [0.3, 0.4) is 0 Å². The second-order valence-corrected chi connectivity index (χ2v) is 11.0. The Kier molecular flexibility index (Phi) is 5.36. The molecule has 0 saturated carbocycles. The minimum Gasteiger partial charge on any atom is -0.454 e. The maximum Gasteiger partial charge on any atom is 0.261 e. The summed E-state index contributed by atoms with van der Waals surface area (Å²) in [5.74, 6) is 1.44. The van der Waals surface area contributed by atoms with Crippen LogP contribution in [-0.4, -0.2) is 23.9 Å². The first-order chi connectivity index (χ1) is 16.2. The van der Waals surface area contributed by atoms with Gasteiger partial charge in [-0.1, -0.05) is 36.4 Å². The number of hydrogen-bond donors (Lipinski definition) is 1. The Morgan fingerprint density at radius 3 is 2.79 bits per heavy atom. The molecule has 0 bridgehead atoms. The monoisotopic (exact) mass is 492 g/mol. The highest BCUT2D eigenvalue weighted by atomic mass is 32.2. The summed E-state index contributed by atoms with van der Waals surface area (Å²) < 4.78 is 12.0. The fraction of sp³-hybridized carbons (Fsp3) is 0.200. The van der Waals surface area contributed by atoms with Crippen LogP contribution in [0.1, 0.15) is 25.7 Å². The van der Waals surface area contributed by atoms with Gasteiger partial charge in [-0.3, -0.25) is 4.79 Å². The van der Waals surface area contributed by atoms with E-state index in [-0.39, 0.29) is 12.7 Å². The quantitative estimate of drug-likeness (QED) is 0.345. The smallest absolute Gasteiger partial charge is 0.261 e. The Morgan fingerprint density at radius 2 is 1.94 bits per heavy atom. The van der Waals surface area contributed by atoms with Gasteiger partial charge in [-0.25, -0.2) is 4.98 Å². The lowest BCUT2D eigenvalue weighted by Crippen LogP contribution is -2.23. The predicted octanol–water partition coefficient (Wildman–Crippen LogP) is 6.02. The largest absolute Gasteiger partial charge is 0.454 e. The van der Waals surface area contributed by atoms with Crippen molar-refractivity contribution in [3.05, 3.63) is 69.4 Å². The number of rotatable bonds is 5. The number of aryl methyl sites for hydroxylation is 1. The van der Waals surface area contributed by atoms with Crippen LogP contribution in [0.2, 0.25) is 0 Å². The highest BCUT2D eigenvalue weighted by molar-refractivity contribution is 8.00. The van der Waals surface area contributed by atoms with E-state index in [1.165, 1.54) is 4.88 Å². The van der Waals surface area contributed by atoms with Crippen LogP contribution in [0.4, 0.5) is 0 Å². The number of amides is 1. The number of ether oxygens (including phenoxy) is 2. The van der Waals surface area contributed by atoms with Gasteiger partial charge in [0.05, 0.1) is 14.8 Å². The van der Waals surface area contributed by atoms with Crippen molar-refractivity contribution in [2.24, 2.45) is 0 Å². The zero-order chi connectivity index (χ0) is 22.4. The average molecular weight is 493 g/mol. The summed E-state index contributed by atoms with van der Waals surface area (Å²) in [6, 6.07) is 16.1. The molecule has 1 aliphatic heterocycles.